The van der Waals surface area contributed by atoms with Crippen LogP contribution in [0.3, 0.4) is 0 Å². The van der Waals surface area contributed by atoms with Gasteiger partial charge in [0.05, 0.1) is 11.4 Å². The molecule has 0 unspecified atom stereocenters. The first kappa shape index (κ1) is 10.6. The van der Waals surface area contributed by atoms with E-state index < -0.39 is 0 Å². The van der Waals surface area contributed by atoms with E-state index in [1.165, 1.54) is 12.1 Å². The Morgan fingerprint density at radius 2 is 2.29 bits per heavy atom. The Kier molecular flexibility index (Phi) is 3.10. The van der Waals surface area contributed by atoms with Crippen LogP contribution in [0.15, 0.2) is 12.1 Å². The molecule has 0 aliphatic rings. The van der Waals surface area contributed by atoms with Crippen molar-refractivity contribution in [1.29, 1.82) is 5.26 Å². The molecule has 0 heterocycles. The Morgan fingerprint density at radius 3 is 2.79 bits per heavy atom. The maximum Gasteiger partial charge on any atom is 0.177 e. The van der Waals surface area contributed by atoms with E-state index >= 15 is 0 Å². The first-order valence-electron chi connectivity index (χ1n) is 3.93. The number of hydrogen-bond acceptors (Lipinski definition) is 3. The number of halogens is 1. The van der Waals surface area contributed by atoms with Crippen LogP contribution in [0.25, 0.3) is 0 Å². The number of alkyl halides is 1. The van der Waals surface area contributed by atoms with Gasteiger partial charge in [-0.05, 0) is 24.6 Å². The number of carbonyl (C=O) groups excluding carboxylic acids is 1. The number of ketones is 1. The zero-order valence-corrected chi connectivity index (χ0v) is 8.30. The number of phenolic OH excluding ortho intramolecular Hbond substituents is 1. The Hall–Kier alpha value is -1.53. The predicted molar refractivity (Wildman–Crippen MR) is 52.6 cm³/mol. The van der Waals surface area contributed by atoms with E-state index in [9.17, 15) is 9.90 Å². The molecular formula is C10H8ClNO2. The molecule has 1 aromatic rings. The van der Waals surface area contributed by atoms with Crippen LogP contribution in [0.4, 0.5) is 0 Å². The average molecular weight is 210 g/mol. The molecule has 1 aromatic carbocycles. The molecule has 0 bridgehead atoms. The number of Topliss-reactive ketones (excluding diaryl/α,β-unsaturated/α-hetero) is 1. The highest BCUT2D eigenvalue weighted by atomic mass is 35.5. The maximum atomic E-state index is 11.3. The Bertz CT molecular complexity index is 421. The van der Waals surface area contributed by atoms with Gasteiger partial charge in [-0.3, -0.25) is 4.79 Å². The van der Waals surface area contributed by atoms with Crippen molar-refractivity contribution in [2.45, 2.75) is 6.92 Å². The minimum atomic E-state index is -0.249. The van der Waals surface area contributed by atoms with Gasteiger partial charge in [0.15, 0.2) is 5.78 Å². The molecule has 0 amide bonds. The number of nitrogens with zero attached hydrogens (tertiary/aromatic N) is 1. The zero-order valence-electron chi connectivity index (χ0n) is 7.54. The molecule has 0 aliphatic heterocycles. The van der Waals surface area contributed by atoms with Gasteiger partial charge in [0, 0.05) is 5.56 Å². The molecule has 72 valence electrons. The molecule has 0 spiro atoms. The second kappa shape index (κ2) is 4.12. The van der Waals surface area contributed by atoms with Crippen LogP contribution in [0.1, 0.15) is 21.5 Å². The van der Waals surface area contributed by atoms with E-state index in [0.717, 1.165) is 0 Å². The van der Waals surface area contributed by atoms with Gasteiger partial charge in [-0.15, -0.1) is 11.6 Å². The molecule has 4 heteroatoms. The largest absolute Gasteiger partial charge is 0.507 e. The van der Waals surface area contributed by atoms with Gasteiger partial charge in [-0.2, -0.15) is 5.26 Å². The van der Waals surface area contributed by atoms with Gasteiger partial charge in [0.2, 0.25) is 0 Å². The summed E-state index contributed by atoms with van der Waals surface area (Å²) in [5.41, 5.74) is 0.980. The summed E-state index contributed by atoms with van der Waals surface area (Å²) >= 11 is 5.40. The quantitative estimate of drug-likeness (QED) is 0.599. The summed E-state index contributed by atoms with van der Waals surface area (Å²) in [6.45, 7) is 1.61. The lowest BCUT2D eigenvalue weighted by atomic mass is 10.00. The molecule has 1 N–H and O–H groups in total. The zero-order chi connectivity index (χ0) is 10.7. The molecule has 0 fully saturated rings. The molecular weight excluding hydrogens is 202 g/mol. The average Bonchev–Trinajstić information content (AvgIpc) is 2.18. The van der Waals surface area contributed by atoms with E-state index in [0.29, 0.717) is 11.1 Å². The van der Waals surface area contributed by atoms with Crippen molar-refractivity contribution in [2.24, 2.45) is 0 Å². The highest BCUT2D eigenvalue weighted by Gasteiger charge is 2.13. The molecule has 0 aromatic heterocycles. The van der Waals surface area contributed by atoms with Crippen molar-refractivity contribution in [1.82, 2.24) is 0 Å². The summed E-state index contributed by atoms with van der Waals surface area (Å²) in [6.07, 6.45) is 0. The first-order valence-corrected chi connectivity index (χ1v) is 4.47. The lowest BCUT2D eigenvalue weighted by Crippen LogP contribution is -2.04. The third-order valence-corrected chi connectivity index (χ3v) is 2.22. The van der Waals surface area contributed by atoms with Crippen LogP contribution in [-0.4, -0.2) is 16.8 Å². The Balaban J connectivity index is 3.37. The smallest absolute Gasteiger partial charge is 0.177 e. The summed E-state index contributed by atoms with van der Waals surface area (Å²) in [6, 6.07) is 4.63. The summed E-state index contributed by atoms with van der Waals surface area (Å²) < 4.78 is 0. The van der Waals surface area contributed by atoms with Crippen molar-refractivity contribution < 1.29 is 9.90 Å². The number of benzene rings is 1. The van der Waals surface area contributed by atoms with Crippen molar-refractivity contribution >= 4 is 17.4 Å². The number of carbonyl (C=O) groups is 1. The van der Waals surface area contributed by atoms with E-state index in [2.05, 4.69) is 0 Å². The van der Waals surface area contributed by atoms with E-state index in [1.54, 1.807) is 6.92 Å². The molecule has 3 nitrogen and oxygen atoms in total. The SMILES string of the molecule is Cc1c(C(=O)CCl)ccc(O)c1C#N. The van der Waals surface area contributed by atoms with E-state index in [-0.39, 0.29) is 23.0 Å². The second-order valence-corrected chi connectivity index (χ2v) is 3.07. The molecule has 0 saturated heterocycles. The van der Waals surface area contributed by atoms with Crippen LogP contribution >= 0.6 is 11.6 Å². The fraction of sp³-hybridized carbons (Fsp3) is 0.200. The maximum absolute atomic E-state index is 11.3. The Morgan fingerprint density at radius 1 is 1.64 bits per heavy atom. The van der Waals surface area contributed by atoms with Crippen molar-refractivity contribution in [3.8, 4) is 11.8 Å². The third kappa shape index (κ3) is 1.70. The van der Waals surface area contributed by atoms with E-state index in [1.807, 2.05) is 6.07 Å². The molecule has 0 atom stereocenters. The topological polar surface area (TPSA) is 61.1 Å². The minimum absolute atomic E-state index is 0.115. The van der Waals surface area contributed by atoms with Crippen molar-refractivity contribution in [3.63, 3.8) is 0 Å². The number of hydrogen-bond donors (Lipinski definition) is 1. The van der Waals surface area contributed by atoms with Crippen LogP contribution in [-0.2, 0) is 0 Å². The van der Waals surface area contributed by atoms with Gasteiger partial charge in [-0.25, -0.2) is 0 Å². The van der Waals surface area contributed by atoms with Gasteiger partial charge in [0.25, 0.3) is 0 Å². The summed E-state index contributed by atoms with van der Waals surface area (Å²) in [7, 11) is 0. The van der Waals surface area contributed by atoms with Crippen LogP contribution < -0.4 is 0 Å². The van der Waals surface area contributed by atoms with Gasteiger partial charge in [-0.1, -0.05) is 0 Å². The summed E-state index contributed by atoms with van der Waals surface area (Å²) in [5.74, 6) is -0.493. The predicted octanol–water partition coefficient (Wildman–Crippen LogP) is 1.99. The fourth-order valence-corrected chi connectivity index (χ4v) is 1.36. The highest BCUT2D eigenvalue weighted by molar-refractivity contribution is 6.30. The number of rotatable bonds is 2. The summed E-state index contributed by atoms with van der Waals surface area (Å²) in [5, 5.41) is 18.0. The van der Waals surface area contributed by atoms with E-state index in [4.69, 9.17) is 16.9 Å². The lowest BCUT2D eigenvalue weighted by molar-refractivity contribution is 0.102. The highest BCUT2D eigenvalue weighted by Crippen LogP contribution is 2.23. The van der Waals surface area contributed by atoms with Crippen molar-refractivity contribution in [2.75, 3.05) is 5.88 Å². The van der Waals surface area contributed by atoms with Crippen LogP contribution in [0.5, 0.6) is 5.75 Å². The molecule has 0 saturated carbocycles. The van der Waals surface area contributed by atoms with Crippen molar-refractivity contribution in [3.05, 3.63) is 28.8 Å². The first-order chi connectivity index (χ1) is 6.61. The normalized spacial score (nSPS) is 9.50. The van der Waals surface area contributed by atoms with Gasteiger partial charge >= 0.3 is 0 Å². The van der Waals surface area contributed by atoms with Crippen LogP contribution in [0.2, 0.25) is 0 Å². The second-order valence-electron chi connectivity index (χ2n) is 2.80. The fourth-order valence-electron chi connectivity index (χ4n) is 1.21. The standard InChI is InChI=1S/C10H8ClNO2/c1-6-7(10(14)4-11)2-3-9(13)8(6)5-12/h2-3,13H,4H2,1H3. The molecule has 0 radical (unpaired) electrons. The number of aromatic hydroxyl groups is 1. The molecule has 1 rings (SSSR count). The van der Waals surface area contributed by atoms with Crippen LogP contribution in [0, 0.1) is 18.3 Å². The third-order valence-electron chi connectivity index (χ3n) is 1.98. The minimum Gasteiger partial charge on any atom is -0.507 e. The molecule has 14 heavy (non-hydrogen) atoms. The van der Waals surface area contributed by atoms with Gasteiger partial charge < -0.3 is 5.11 Å². The number of nitriles is 1. The monoisotopic (exact) mass is 209 g/mol. The number of phenols is 1. The van der Waals surface area contributed by atoms with Gasteiger partial charge in [0.1, 0.15) is 11.8 Å². The lowest BCUT2D eigenvalue weighted by Gasteiger charge is -2.05. The molecule has 0 aliphatic carbocycles. The Labute approximate surface area is 86.5 Å². The summed E-state index contributed by atoms with van der Waals surface area (Å²) in [4.78, 5) is 11.3.